The number of benzene rings is 2. The maximum Gasteiger partial charge on any atom is 0.261 e. The van der Waals surface area contributed by atoms with Crippen molar-refractivity contribution in [3.63, 3.8) is 0 Å². The monoisotopic (exact) mass is 394 g/mol. The van der Waals surface area contributed by atoms with Gasteiger partial charge in [-0.1, -0.05) is 26.0 Å². The maximum atomic E-state index is 12.5. The molecule has 2 aromatic rings. The Bertz CT molecular complexity index is 980. The second kappa shape index (κ2) is 6.92. The van der Waals surface area contributed by atoms with Gasteiger partial charge in [0, 0.05) is 12.2 Å². The highest BCUT2D eigenvalue weighted by molar-refractivity contribution is 7.93. The Hall–Kier alpha value is -2.06. The third kappa shape index (κ3) is 3.86. The first kappa shape index (κ1) is 18.7. The molecule has 140 valence electrons. The van der Waals surface area contributed by atoms with E-state index < -0.39 is 20.0 Å². The highest BCUT2D eigenvalue weighted by atomic mass is 32.2. The first-order chi connectivity index (χ1) is 12.2. The van der Waals surface area contributed by atoms with Crippen LogP contribution in [0.3, 0.4) is 0 Å². The molecular formula is C18H22N2O4S2. The Labute approximate surface area is 155 Å². The van der Waals surface area contributed by atoms with Crippen molar-refractivity contribution in [2.45, 2.75) is 31.1 Å². The van der Waals surface area contributed by atoms with Gasteiger partial charge in [0.05, 0.1) is 16.3 Å². The predicted octanol–water partition coefficient (Wildman–Crippen LogP) is 3.15. The number of rotatable bonds is 5. The van der Waals surface area contributed by atoms with Crippen molar-refractivity contribution in [1.29, 1.82) is 0 Å². The van der Waals surface area contributed by atoms with Gasteiger partial charge in [-0.15, -0.1) is 0 Å². The van der Waals surface area contributed by atoms with Gasteiger partial charge in [-0.25, -0.2) is 16.8 Å². The van der Waals surface area contributed by atoms with Gasteiger partial charge in [0.1, 0.15) is 0 Å². The van der Waals surface area contributed by atoms with Crippen molar-refractivity contribution in [2.24, 2.45) is 0 Å². The molecule has 8 heteroatoms. The summed E-state index contributed by atoms with van der Waals surface area (Å²) in [6.07, 6.45) is 0.600. The lowest BCUT2D eigenvalue weighted by Crippen LogP contribution is -2.25. The van der Waals surface area contributed by atoms with Crippen molar-refractivity contribution in [3.8, 4) is 0 Å². The van der Waals surface area contributed by atoms with E-state index in [1.165, 1.54) is 4.31 Å². The third-order valence-electron chi connectivity index (χ3n) is 4.36. The van der Waals surface area contributed by atoms with Crippen LogP contribution < -0.4 is 9.03 Å². The number of nitrogens with zero attached hydrogens (tertiary/aromatic N) is 1. The molecule has 0 amide bonds. The maximum absolute atomic E-state index is 12.5. The molecule has 3 rings (SSSR count). The summed E-state index contributed by atoms with van der Waals surface area (Å²) in [4.78, 5) is 0.188. The average molecular weight is 395 g/mol. The van der Waals surface area contributed by atoms with Crippen LogP contribution in [0.25, 0.3) is 0 Å². The number of hydrogen-bond donors (Lipinski definition) is 1. The molecule has 0 bridgehead atoms. The van der Waals surface area contributed by atoms with Crippen LogP contribution in [0, 0.1) is 0 Å². The SMILES string of the molecule is CC(C)c1ccc(S(=O)(=O)Nc2ccc(N3CCCS3(=O)=O)cc2)cc1. The van der Waals surface area contributed by atoms with Crippen molar-refractivity contribution in [2.75, 3.05) is 21.3 Å². The molecule has 26 heavy (non-hydrogen) atoms. The van der Waals surface area contributed by atoms with Crippen molar-refractivity contribution >= 4 is 31.4 Å². The van der Waals surface area contributed by atoms with E-state index in [9.17, 15) is 16.8 Å². The summed E-state index contributed by atoms with van der Waals surface area (Å²) in [6, 6.07) is 13.2. The fraction of sp³-hybridized carbons (Fsp3) is 0.333. The number of anilines is 2. The summed E-state index contributed by atoms with van der Waals surface area (Å²) >= 11 is 0. The van der Waals surface area contributed by atoms with Gasteiger partial charge in [0.15, 0.2) is 0 Å². The minimum absolute atomic E-state index is 0.147. The molecule has 0 saturated carbocycles. The fourth-order valence-corrected chi connectivity index (χ4v) is 5.49. The average Bonchev–Trinajstić information content (AvgIpc) is 2.94. The van der Waals surface area contributed by atoms with Crippen molar-refractivity contribution < 1.29 is 16.8 Å². The highest BCUT2D eigenvalue weighted by Crippen LogP contribution is 2.26. The lowest BCUT2D eigenvalue weighted by molar-refractivity contribution is 0.598. The molecule has 0 radical (unpaired) electrons. The minimum atomic E-state index is -3.69. The van der Waals surface area contributed by atoms with Crippen LogP contribution in [0.1, 0.15) is 31.7 Å². The molecule has 1 saturated heterocycles. The molecule has 1 N–H and O–H groups in total. The summed E-state index contributed by atoms with van der Waals surface area (Å²) in [6.45, 7) is 4.55. The van der Waals surface area contributed by atoms with E-state index in [2.05, 4.69) is 4.72 Å². The van der Waals surface area contributed by atoms with Gasteiger partial charge in [-0.05, 0) is 54.3 Å². The lowest BCUT2D eigenvalue weighted by Gasteiger charge is -2.17. The van der Waals surface area contributed by atoms with Crippen molar-refractivity contribution in [3.05, 3.63) is 54.1 Å². The number of hydrogen-bond acceptors (Lipinski definition) is 4. The number of nitrogens with one attached hydrogen (secondary N) is 1. The van der Waals surface area contributed by atoms with Crippen LogP contribution in [-0.2, 0) is 20.0 Å². The van der Waals surface area contributed by atoms with Gasteiger partial charge in [-0.2, -0.15) is 0 Å². The molecule has 6 nitrogen and oxygen atoms in total. The molecule has 0 spiro atoms. The normalized spacial score (nSPS) is 16.8. The summed E-state index contributed by atoms with van der Waals surface area (Å²) in [5.41, 5.74) is 2.00. The lowest BCUT2D eigenvalue weighted by atomic mass is 10.0. The third-order valence-corrected chi connectivity index (χ3v) is 7.63. The van der Waals surface area contributed by atoms with Crippen LogP contribution in [0.2, 0.25) is 0 Å². The molecule has 0 unspecified atom stereocenters. The van der Waals surface area contributed by atoms with Gasteiger partial charge < -0.3 is 0 Å². The Balaban J connectivity index is 1.78. The van der Waals surface area contributed by atoms with Gasteiger partial charge in [0.25, 0.3) is 10.0 Å². The van der Waals surface area contributed by atoms with E-state index in [4.69, 9.17) is 0 Å². The molecular weight excluding hydrogens is 372 g/mol. The predicted molar refractivity (Wildman–Crippen MR) is 104 cm³/mol. The second-order valence-electron chi connectivity index (χ2n) is 6.62. The first-order valence-corrected chi connectivity index (χ1v) is 11.5. The van der Waals surface area contributed by atoms with Crippen LogP contribution in [0.4, 0.5) is 11.4 Å². The number of sulfonamides is 2. The minimum Gasteiger partial charge on any atom is -0.280 e. The summed E-state index contributed by atoms with van der Waals surface area (Å²) in [5.74, 6) is 0.474. The summed E-state index contributed by atoms with van der Waals surface area (Å²) in [7, 11) is -6.94. The molecule has 2 aromatic carbocycles. The van der Waals surface area contributed by atoms with E-state index in [-0.39, 0.29) is 10.6 Å². The molecule has 1 aliphatic rings. The Morgan fingerprint density at radius 1 is 1.00 bits per heavy atom. The van der Waals surface area contributed by atoms with E-state index >= 15 is 0 Å². The molecule has 0 aliphatic carbocycles. The van der Waals surface area contributed by atoms with Crippen LogP contribution in [0.15, 0.2) is 53.4 Å². The summed E-state index contributed by atoms with van der Waals surface area (Å²) < 4.78 is 52.8. The Morgan fingerprint density at radius 3 is 2.12 bits per heavy atom. The van der Waals surface area contributed by atoms with E-state index in [0.717, 1.165) is 5.56 Å². The van der Waals surface area contributed by atoms with Gasteiger partial charge in [-0.3, -0.25) is 9.03 Å². The smallest absolute Gasteiger partial charge is 0.261 e. The largest absolute Gasteiger partial charge is 0.280 e. The zero-order valence-electron chi connectivity index (χ0n) is 14.7. The van der Waals surface area contributed by atoms with Gasteiger partial charge in [0.2, 0.25) is 10.0 Å². The van der Waals surface area contributed by atoms with Crippen LogP contribution in [-0.4, -0.2) is 29.1 Å². The Morgan fingerprint density at radius 2 is 1.62 bits per heavy atom. The zero-order chi connectivity index (χ0) is 18.9. The molecule has 0 atom stereocenters. The van der Waals surface area contributed by atoms with Gasteiger partial charge >= 0.3 is 0 Å². The fourth-order valence-electron chi connectivity index (χ4n) is 2.87. The first-order valence-electron chi connectivity index (χ1n) is 8.42. The van der Waals surface area contributed by atoms with E-state index in [1.807, 2.05) is 13.8 Å². The second-order valence-corrected chi connectivity index (χ2v) is 10.3. The molecule has 1 heterocycles. The quantitative estimate of drug-likeness (QED) is 0.844. The Kier molecular flexibility index (Phi) is 4.98. The zero-order valence-corrected chi connectivity index (χ0v) is 16.3. The molecule has 0 aromatic heterocycles. The molecule has 1 aliphatic heterocycles. The topological polar surface area (TPSA) is 83.6 Å². The molecule has 1 fully saturated rings. The standard InChI is InChI=1S/C18H22N2O4S2/c1-14(2)15-4-10-18(11-5-15)26(23,24)19-16-6-8-17(9-7-16)20-12-3-13-25(20,21)22/h4-11,14,19H,3,12-13H2,1-2H3. The van der Waals surface area contributed by atoms with E-state index in [0.29, 0.717) is 30.3 Å². The summed E-state index contributed by atoms with van der Waals surface area (Å²) in [5, 5.41) is 0. The van der Waals surface area contributed by atoms with Crippen LogP contribution >= 0.6 is 0 Å². The van der Waals surface area contributed by atoms with Crippen LogP contribution in [0.5, 0.6) is 0 Å². The highest BCUT2D eigenvalue weighted by Gasteiger charge is 2.28. The van der Waals surface area contributed by atoms with E-state index in [1.54, 1.807) is 48.5 Å². The van der Waals surface area contributed by atoms with Crippen molar-refractivity contribution in [1.82, 2.24) is 0 Å².